The van der Waals surface area contributed by atoms with Crippen molar-refractivity contribution in [1.82, 2.24) is 25.1 Å². The molecule has 4 aromatic rings. The summed E-state index contributed by atoms with van der Waals surface area (Å²) < 4.78 is 18.8. The lowest BCUT2D eigenvalue weighted by molar-refractivity contribution is -0.137. The molecule has 2 saturated heterocycles. The Morgan fingerprint density at radius 2 is 1.76 bits per heavy atom. The first-order chi connectivity index (χ1) is 28.4. The van der Waals surface area contributed by atoms with E-state index in [4.69, 9.17) is 21.3 Å². The number of hydrogen-bond acceptors (Lipinski definition) is 10. The van der Waals surface area contributed by atoms with E-state index in [0.29, 0.717) is 74.0 Å². The Labute approximate surface area is 350 Å². The van der Waals surface area contributed by atoms with Crippen molar-refractivity contribution >= 4 is 59.1 Å². The predicted molar refractivity (Wildman–Crippen MR) is 229 cm³/mol. The van der Waals surface area contributed by atoms with Gasteiger partial charge in [0.1, 0.15) is 24.8 Å². The van der Waals surface area contributed by atoms with Gasteiger partial charge < -0.3 is 29.3 Å². The molecule has 13 nitrogen and oxygen atoms in total. The van der Waals surface area contributed by atoms with Crippen molar-refractivity contribution in [2.45, 2.75) is 64.0 Å². The second kappa shape index (κ2) is 18.3. The number of halogens is 1. The largest absolute Gasteiger partial charge is 0.496 e. The highest BCUT2D eigenvalue weighted by molar-refractivity contribution is 7.70. The number of anilines is 2. The molecule has 7 rings (SSSR count). The summed E-state index contributed by atoms with van der Waals surface area (Å²) in [6.45, 7) is 7.30. The van der Waals surface area contributed by atoms with Gasteiger partial charge in [-0.2, -0.15) is 0 Å². The van der Waals surface area contributed by atoms with Crippen LogP contribution in [-0.4, -0.2) is 103 Å². The van der Waals surface area contributed by atoms with Crippen LogP contribution in [-0.2, 0) is 38.3 Å². The fourth-order valence-corrected chi connectivity index (χ4v) is 9.64. The van der Waals surface area contributed by atoms with E-state index in [1.807, 2.05) is 53.4 Å². The molecular weight excluding hydrogens is 789 g/mol. The molecule has 1 atom stereocenters. The first-order valence-electron chi connectivity index (χ1n) is 20.2. The molecule has 3 aliphatic rings. The first-order valence-corrected chi connectivity index (χ1v) is 23.2. The molecule has 15 heteroatoms. The van der Waals surface area contributed by atoms with E-state index in [1.165, 1.54) is 0 Å². The van der Waals surface area contributed by atoms with Crippen LogP contribution in [0.3, 0.4) is 0 Å². The number of nitrogens with zero attached hydrogens (tertiary/aromatic N) is 5. The van der Waals surface area contributed by atoms with E-state index < -0.39 is 19.1 Å². The van der Waals surface area contributed by atoms with Crippen LogP contribution in [0.1, 0.15) is 77.1 Å². The summed E-state index contributed by atoms with van der Waals surface area (Å²) in [5.74, 6) is 0.612. The van der Waals surface area contributed by atoms with Crippen LogP contribution in [0.15, 0.2) is 66.9 Å². The third kappa shape index (κ3) is 9.79. The van der Waals surface area contributed by atoms with Gasteiger partial charge in [-0.25, -0.2) is 9.97 Å². The molecule has 59 heavy (non-hydrogen) atoms. The van der Waals surface area contributed by atoms with Crippen molar-refractivity contribution in [3.8, 4) is 5.75 Å². The van der Waals surface area contributed by atoms with Crippen LogP contribution >= 0.6 is 18.7 Å². The Morgan fingerprint density at radius 1 is 0.966 bits per heavy atom. The summed E-state index contributed by atoms with van der Waals surface area (Å²) in [5.41, 5.74) is 5.93. The van der Waals surface area contributed by atoms with Crippen molar-refractivity contribution < 1.29 is 28.5 Å². The number of rotatable bonds is 15. The summed E-state index contributed by atoms with van der Waals surface area (Å²) in [4.78, 5) is 65.4. The van der Waals surface area contributed by atoms with E-state index in [-0.39, 0.29) is 24.1 Å². The maximum Gasteiger partial charge on any atom is 0.255 e. The van der Waals surface area contributed by atoms with Gasteiger partial charge in [0.25, 0.3) is 5.91 Å². The van der Waals surface area contributed by atoms with Crippen LogP contribution in [0.4, 0.5) is 11.4 Å². The van der Waals surface area contributed by atoms with Gasteiger partial charge in [0.05, 0.1) is 17.8 Å². The third-order valence-electron chi connectivity index (χ3n) is 11.4. The number of piperazine rings is 1. The highest BCUT2D eigenvalue weighted by Gasteiger charge is 2.40. The number of ether oxygens (including phenoxy) is 1. The fourth-order valence-electron chi connectivity index (χ4n) is 8.19. The third-order valence-corrected chi connectivity index (χ3v) is 13.3. The lowest BCUT2D eigenvalue weighted by Crippen LogP contribution is -2.52. The number of aromatic nitrogens is 2. The standard InChI is InChI=1S/C44H51ClN7O6P/c1-58-38-26-31(16-15-29(38)25-40-47-27-34(45)36(48-40)24-30-10-6-7-13-39(30)59(2,3)57)50-20-22-51(23-21-50)42(54)14-5-4-8-19-46-35-12-9-11-32-33(35)28-52(44(32)56)37-17-18-41(53)49-43(37)55/h6-7,9-13,15-16,26-27,37,46H,4-5,8,14,17-25,28H2,1-3H3,(H,49,53,55). The van der Waals surface area contributed by atoms with Crippen molar-refractivity contribution in [2.24, 2.45) is 0 Å². The fraction of sp³-hybridized carbons (Fsp3) is 0.409. The number of nitrogens with one attached hydrogen (secondary N) is 2. The number of carbonyl (C=O) groups is 4. The van der Waals surface area contributed by atoms with Crippen molar-refractivity contribution in [1.29, 1.82) is 0 Å². The van der Waals surface area contributed by atoms with Gasteiger partial charge in [-0.15, -0.1) is 0 Å². The van der Waals surface area contributed by atoms with Crippen LogP contribution in [0.5, 0.6) is 5.75 Å². The Morgan fingerprint density at radius 3 is 2.53 bits per heavy atom. The molecule has 3 aromatic carbocycles. The van der Waals surface area contributed by atoms with Crippen molar-refractivity contribution in [3.05, 3.63) is 106 Å². The molecule has 1 unspecified atom stereocenters. The Bertz CT molecular complexity index is 2290. The quantitative estimate of drug-likeness (QED) is 0.0873. The SMILES string of the molecule is COc1cc(N2CCN(C(=O)CCCCCNc3cccc4c3CN(C3CCC(=O)NC3=O)C4=O)CC2)ccc1Cc1ncc(Cl)c(Cc2ccccc2P(C)(C)=O)n1. The molecule has 310 valence electrons. The monoisotopic (exact) mass is 839 g/mol. The summed E-state index contributed by atoms with van der Waals surface area (Å²) >= 11 is 6.54. The molecule has 0 bridgehead atoms. The summed E-state index contributed by atoms with van der Waals surface area (Å²) in [6, 6.07) is 18.8. The molecule has 0 aliphatic carbocycles. The Hall–Kier alpha value is -5.26. The topological polar surface area (TPSA) is 154 Å². The maximum atomic E-state index is 13.1. The predicted octanol–water partition coefficient (Wildman–Crippen LogP) is 5.65. The number of unbranched alkanes of at least 4 members (excludes halogenated alkanes) is 2. The van der Waals surface area contributed by atoms with Gasteiger partial charge >= 0.3 is 0 Å². The normalized spacial score (nSPS) is 16.9. The summed E-state index contributed by atoms with van der Waals surface area (Å²) in [7, 11) is -0.829. The van der Waals surface area contributed by atoms with Gasteiger partial charge in [0, 0.05) is 111 Å². The van der Waals surface area contributed by atoms with Gasteiger partial charge in [0.2, 0.25) is 17.7 Å². The highest BCUT2D eigenvalue weighted by Crippen LogP contribution is 2.37. The van der Waals surface area contributed by atoms with E-state index in [1.54, 1.807) is 37.6 Å². The number of piperidine rings is 1. The molecule has 0 spiro atoms. The first kappa shape index (κ1) is 41.9. The second-order valence-corrected chi connectivity index (χ2v) is 19.3. The van der Waals surface area contributed by atoms with Crippen LogP contribution in [0.25, 0.3) is 0 Å². The minimum Gasteiger partial charge on any atom is -0.496 e. The number of imide groups is 1. The zero-order valence-corrected chi connectivity index (χ0v) is 35.5. The maximum absolute atomic E-state index is 13.1. The number of hydrogen-bond donors (Lipinski definition) is 2. The molecule has 2 N–H and O–H groups in total. The number of benzene rings is 3. The molecule has 0 radical (unpaired) electrons. The van der Waals surface area contributed by atoms with Crippen LogP contribution in [0, 0.1) is 0 Å². The molecule has 0 saturated carbocycles. The van der Waals surface area contributed by atoms with E-state index in [9.17, 15) is 23.7 Å². The highest BCUT2D eigenvalue weighted by atomic mass is 35.5. The zero-order chi connectivity index (χ0) is 41.7. The summed E-state index contributed by atoms with van der Waals surface area (Å²) in [5, 5.41) is 7.10. The second-order valence-electron chi connectivity index (χ2n) is 15.7. The minimum atomic E-state index is -2.49. The van der Waals surface area contributed by atoms with Crippen LogP contribution in [0.2, 0.25) is 5.02 Å². The Kier molecular flexibility index (Phi) is 13.0. The molecule has 2 fully saturated rings. The molecule has 3 aliphatic heterocycles. The van der Waals surface area contributed by atoms with E-state index in [0.717, 1.165) is 71.5 Å². The van der Waals surface area contributed by atoms with Gasteiger partial charge in [-0.1, -0.05) is 54.4 Å². The lowest BCUT2D eigenvalue weighted by atomic mass is 10.0. The molecular formula is C44H51ClN7O6P. The summed E-state index contributed by atoms with van der Waals surface area (Å²) in [6.07, 6.45) is 6.14. The van der Waals surface area contributed by atoms with E-state index >= 15 is 0 Å². The van der Waals surface area contributed by atoms with E-state index in [2.05, 4.69) is 26.6 Å². The lowest BCUT2D eigenvalue weighted by Gasteiger charge is -2.36. The molecule has 4 heterocycles. The Balaban J connectivity index is 0.852. The van der Waals surface area contributed by atoms with Gasteiger partial charge in [-0.05, 0) is 56.4 Å². The molecule has 4 amide bonds. The molecule has 1 aromatic heterocycles. The number of fused-ring (bicyclic) bond motifs is 1. The average molecular weight is 840 g/mol. The number of carbonyl (C=O) groups excluding carboxylic acids is 4. The minimum absolute atomic E-state index is 0.169. The number of methoxy groups -OCH3 is 1. The smallest absolute Gasteiger partial charge is 0.255 e. The van der Waals surface area contributed by atoms with Gasteiger partial charge in [-0.3, -0.25) is 24.5 Å². The number of amides is 4. The zero-order valence-electron chi connectivity index (χ0n) is 33.8. The van der Waals surface area contributed by atoms with Crippen LogP contribution < -0.4 is 25.6 Å². The van der Waals surface area contributed by atoms with Crippen molar-refractivity contribution in [2.75, 3.05) is 63.4 Å². The van der Waals surface area contributed by atoms with Crippen molar-refractivity contribution in [3.63, 3.8) is 0 Å². The van der Waals surface area contributed by atoms with Gasteiger partial charge in [0.15, 0.2) is 0 Å². The average Bonchev–Trinajstić information content (AvgIpc) is 3.56.